The predicted octanol–water partition coefficient (Wildman–Crippen LogP) is 3.91. The van der Waals surface area contributed by atoms with Gasteiger partial charge in [-0.25, -0.2) is 8.42 Å². The second kappa shape index (κ2) is 9.83. The highest BCUT2D eigenvalue weighted by Crippen LogP contribution is 2.58. The highest BCUT2D eigenvalue weighted by atomic mass is 79.9. The van der Waals surface area contributed by atoms with Gasteiger partial charge in [-0.15, -0.1) is 0 Å². The van der Waals surface area contributed by atoms with Gasteiger partial charge >= 0.3 is 0 Å². The van der Waals surface area contributed by atoms with Crippen molar-refractivity contribution < 1.29 is 31.9 Å². The summed E-state index contributed by atoms with van der Waals surface area (Å²) in [4.78, 5) is 14.4. The number of benzene rings is 2. The molecule has 1 aliphatic heterocycles. The second-order valence-electron chi connectivity index (χ2n) is 10.1. The largest absolute Gasteiger partial charge is 0.495 e. The van der Waals surface area contributed by atoms with Crippen LogP contribution in [0.2, 0.25) is 0 Å². The third kappa shape index (κ3) is 4.68. The van der Waals surface area contributed by atoms with E-state index in [4.69, 9.17) is 18.7 Å². The fourth-order valence-corrected chi connectivity index (χ4v) is 7.23. The average molecular weight is 619 g/mol. The van der Waals surface area contributed by atoms with Crippen molar-refractivity contribution in [3.05, 3.63) is 51.5 Å². The molecule has 2 aliphatic carbocycles. The van der Waals surface area contributed by atoms with Crippen LogP contribution in [-0.2, 0) is 37.8 Å². The lowest BCUT2D eigenvalue weighted by molar-refractivity contribution is -0.134. The van der Waals surface area contributed by atoms with Gasteiger partial charge in [-0.1, -0.05) is 27.2 Å². The van der Waals surface area contributed by atoms with Crippen LogP contribution in [0.1, 0.15) is 29.5 Å². The molecule has 1 N–H and O–H groups in total. The monoisotopic (exact) mass is 617 g/mol. The van der Waals surface area contributed by atoms with E-state index in [0.717, 1.165) is 28.4 Å². The minimum Gasteiger partial charge on any atom is -0.495 e. The summed E-state index contributed by atoms with van der Waals surface area (Å²) in [5.74, 6) is 0.773. The number of carbonyl (C=O) groups is 1. The molecule has 1 aromatic heterocycles. The number of rotatable bonds is 7. The number of anilines is 1. The summed E-state index contributed by atoms with van der Waals surface area (Å²) in [6.45, 7) is 2.04. The lowest BCUT2D eigenvalue weighted by atomic mass is 9.79. The molecule has 1 spiro atoms. The van der Waals surface area contributed by atoms with Crippen molar-refractivity contribution in [1.29, 1.82) is 0 Å². The average Bonchev–Trinajstić information content (AvgIpc) is 3.60. The molecule has 12 heteroatoms. The zero-order valence-corrected chi connectivity index (χ0v) is 24.0. The molecule has 0 atom stereocenters. The van der Waals surface area contributed by atoms with Crippen LogP contribution in [0.5, 0.6) is 11.5 Å². The molecule has 2 aromatic carbocycles. The minimum atomic E-state index is -4.21. The summed E-state index contributed by atoms with van der Waals surface area (Å²) >= 11 is 3.53. The number of fused-ring (bicyclic) bond motifs is 4. The van der Waals surface area contributed by atoms with Gasteiger partial charge < -0.3 is 23.6 Å². The highest BCUT2D eigenvalue weighted by molar-refractivity contribution is 9.10. The van der Waals surface area contributed by atoms with Crippen LogP contribution >= 0.6 is 15.9 Å². The summed E-state index contributed by atoms with van der Waals surface area (Å²) in [6, 6.07) is 9.21. The van der Waals surface area contributed by atoms with Crippen LogP contribution in [0.15, 0.2) is 44.2 Å². The van der Waals surface area contributed by atoms with Gasteiger partial charge in [-0.2, -0.15) is 0 Å². The van der Waals surface area contributed by atoms with Crippen LogP contribution in [0.4, 0.5) is 5.82 Å². The van der Waals surface area contributed by atoms with Crippen LogP contribution < -0.4 is 14.2 Å². The molecule has 2 heterocycles. The van der Waals surface area contributed by atoms with E-state index in [9.17, 15) is 13.2 Å². The van der Waals surface area contributed by atoms with Crippen molar-refractivity contribution in [1.82, 2.24) is 10.1 Å². The van der Waals surface area contributed by atoms with Gasteiger partial charge in [0.2, 0.25) is 5.91 Å². The van der Waals surface area contributed by atoms with Crippen molar-refractivity contribution >= 4 is 37.7 Å². The quantitative estimate of drug-likeness (QED) is 0.424. The van der Waals surface area contributed by atoms with E-state index in [0.29, 0.717) is 44.0 Å². The zero-order chi connectivity index (χ0) is 27.4. The van der Waals surface area contributed by atoms with Gasteiger partial charge in [0.25, 0.3) is 10.0 Å². The van der Waals surface area contributed by atoms with E-state index in [2.05, 4.69) is 31.9 Å². The highest BCUT2D eigenvalue weighted by Gasteiger charge is 2.50. The first-order chi connectivity index (χ1) is 18.7. The first-order valence-electron chi connectivity index (χ1n) is 12.7. The van der Waals surface area contributed by atoms with E-state index in [1.54, 1.807) is 17.0 Å². The molecular weight excluding hydrogens is 590 g/mol. The Morgan fingerprint density at radius 2 is 1.82 bits per heavy atom. The number of carbonyl (C=O) groups excluding carboxylic acids is 1. The van der Waals surface area contributed by atoms with Crippen LogP contribution in [0.25, 0.3) is 11.3 Å². The van der Waals surface area contributed by atoms with Crippen LogP contribution in [0, 0.1) is 0 Å². The zero-order valence-electron chi connectivity index (χ0n) is 21.6. The molecule has 10 nitrogen and oxygen atoms in total. The number of sulfonamides is 1. The lowest BCUT2D eigenvalue weighted by Gasteiger charge is -2.27. The van der Waals surface area contributed by atoms with Gasteiger partial charge in [0.15, 0.2) is 16.5 Å². The second-order valence-corrected chi connectivity index (χ2v) is 12.6. The number of morpholine rings is 1. The fraction of sp³-hybridized carbons (Fsp3) is 0.407. The maximum absolute atomic E-state index is 13.8. The van der Waals surface area contributed by atoms with E-state index in [1.807, 2.05) is 12.1 Å². The van der Waals surface area contributed by atoms with Gasteiger partial charge in [0.1, 0.15) is 11.5 Å². The van der Waals surface area contributed by atoms with Crippen molar-refractivity contribution in [3.63, 3.8) is 0 Å². The summed E-state index contributed by atoms with van der Waals surface area (Å²) < 4.78 is 53.0. The molecule has 1 amide bonds. The molecular formula is C27H28BrN3O7S. The Bertz CT molecular complexity index is 1530. The number of hydrogen-bond acceptors (Lipinski definition) is 8. The molecule has 0 bridgehead atoms. The summed E-state index contributed by atoms with van der Waals surface area (Å²) in [6.07, 6.45) is 2.75. The number of ether oxygens (including phenoxy) is 3. The third-order valence-electron chi connectivity index (χ3n) is 7.69. The summed E-state index contributed by atoms with van der Waals surface area (Å²) in [5.41, 5.74) is 3.40. The van der Waals surface area contributed by atoms with Crippen LogP contribution in [0.3, 0.4) is 0 Å². The molecule has 206 valence electrons. The Labute approximate surface area is 234 Å². The van der Waals surface area contributed by atoms with Crippen molar-refractivity contribution in [2.24, 2.45) is 0 Å². The molecule has 0 radical (unpaired) electrons. The maximum atomic E-state index is 13.8. The minimum absolute atomic E-state index is 0.0289. The predicted molar refractivity (Wildman–Crippen MR) is 146 cm³/mol. The van der Waals surface area contributed by atoms with Gasteiger partial charge in [0, 0.05) is 34.1 Å². The number of nitrogens with one attached hydrogen (secondary N) is 1. The fourth-order valence-electron chi connectivity index (χ4n) is 5.54. The molecule has 0 unspecified atom stereocenters. The van der Waals surface area contributed by atoms with E-state index in [-0.39, 0.29) is 40.0 Å². The Balaban J connectivity index is 1.32. The number of amides is 1. The van der Waals surface area contributed by atoms with Gasteiger partial charge in [-0.3, -0.25) is 9.52 Å². The lowest BCUT2D eigenvalue weighted by Crippen LogP contribution is -2.41. The first-order valence-corrected chi connectivity index (χ1v) is 14.9. The standard InChI is InChI=1S/C27H28BrN3O7S/c1-35-21-11-16(13-23(32)31-7-9-37-10-8-31)12-22(36-2)25(21)39(33,34)30-26-19-15-27(5-6-27)20-4-3-17(28)14-18(20)24(19)38-29-26/h3-4,11-12,14H,5-10,13,15H2,1-2H3,(H,29,30). The van der Waals surface area contributed by atoms with Crippen LogP contribution in [-0.4, -0.2) is 64.9 Å². The molecule has 1 saturated carbocycles. The Kier molecular flexibility index (Phi) is 6.59. The summed E-state index contributed by atoms with van der Waals surface area (Å²) in [7, 11) is -1.45. The van der Waals surface area contributed by atoms with Gasteiger partial charge in [0.05, 0.1) is 33.9 Å². The third-order valence-corrected chi connectivity index (χ3v) is 9.59. The number of hydrogen-bond donors (Lipinski definition) is 1. The van der Waals surface area contributed by atoms with E-state index < -0.39 is 10.0 Å². The topological polar surface area (TPSA) is 120 Å². The Morgan fingerprint density at radius 3 is 2.46 bits per heavy atom. The van der Waals surface area contributed by atoms with E-state index in [1.165, 1.54) is 19.8 Å². The first kappa shape index (κ1) is 26.1. The molecule has 3 aromatic rings. The Morgan fingerprint density at radius 1 is 1.13 bits per heavy atom. The summed E-state index contributed by atoms with van der Waals surface area (Å²) in [5, 5.41) is 4.13. The molecule has 3 aliphatic rings. The molecule has 39 heavy (non-hydrogen) atoms. The molecule has 1 saturated heterocycles. The maximum Gasteiger partial charge on any atom is 0.270 e. The molecule has 6 rings (SSSR count). The van der Waals surface area contributed by atoms with E-state index >= 15 is 0 Å². The SMILES string of the molecule is COc1cc(CC(=O)N2CCOCC2)cc(OC)c1S(=O)(=O)Nc1noc2c1CC1(CC1)c1ccc(Br)cc1-2. The normalized spacial score (nSPS) is 17.4. The smallest absolute Gasteiger partial charge is 0.270 e. The molecule has 2 fully saturated rings. The number of halogens is 1. The number of nitrogens with zero attached hydrogens (tertiary/aromatic N) is 2. The van der Waals surface area contributed by atoms with Gasteiger partial charge in [-0.05, 0) is 54.7 Å². The Hall–Kier alpha value is -3.09. The number of methoxy groups -OCH3 is 2. The number of aromatic nitrogens is 1. The van der Waals surface area contributed by atoms with Crippen molar-refractivity contribution in [2.45, 2.75) is 36.0 Å². The van der Waals surface area contributed by atoms with Crippen molar-refractivity contribution in [3.8, 4) is 22.8 Å². The van der Waals surface area contributed by atoms with Crippen molar-refractivity contribution in [2.75, 3.05) is 45.2 Å².